The van der Waals surface area contributed by atoms with Crippen molar-refractivity contribution in [2.75, 3.05) is 157 Å². The first kappa shape index (κ1) is 60.3. The molecule has 2 aliphatic rings. The van der Waals surface area contributed by atoms with Gasteiger partial charge in [-0.25, -0.2) is 0 Å². The molecule has 5 amide bonds. The summed E-state index contributed by atoms with van der Waals surface area (Å²) in [6.07, 6.45) is 8.42. The van der Waals surface area contributed by atoms with Crippen molar-refractivity contribution >= 4 is 41.2 Å². The van der Waals surface area contributed by atoms with E-state index in [0.29, 0.717) is 158 Å². The number of unbranched alkanes of at least 4 members (excludes halogenated alkanes) is 6. The Morgan fingerprint density at radius 3 is 1.43 bits per heavy atom. The second-order valence-electron chi connectivity index (χ2n) is 16.2. The number of nitrogens with zero attached hydrogens (tertiary/aromatic N) is 1. The monoisotopic (exact) mass is 998 g/mol. The van der Waals surface area contributed by atoms with Crippen LogP contribution in [0.3, 0.4) is 0 Å². The molecule has 0 spiro atoms. The van der Waals surface area contributed by atoms with E-state index in [4.69, 9.17) is 56.8 Å². The average molecular weight is 998 g/mol. The second kappa shape index (κ2) is 40.6. The highest BCUT2D eigenvalue weighted by Crippen LogP contribution is 2.32. The van der Waals surface area contributed by atoms with E-state index in [-0.39, 0.29) is 54.6 Å². The SMILES string of the molecule is CCCCCCCC(=O)OCCOCCOCCOCCOCCOCCOCCOCCOCCOCCOCCOCCCCCC(=O)Nc1cccc2c1C(=O)N(C1CCC(=O)NC1=O)C2=O. The van der Waals surface area contributed by atoms with Crippen LogP contribution in [0.2, 0.25) is 0 Å². The molecule has 2 aliphatic heterocycles. The molecule has 1 aromatic rings. The summed E-state index contributed by atoms with van der Waals surface area (Å²) in [7, 11) is 0. The molecule has 0 bridgehead atoms. The van der Waals surface area contributed by atoms with Crippen LogP contribution in [0.4, 0.5) is 5.69 Å². The Kier molecular flexibility index (Phi) is 35.0. The number of hydrogen-bond donors (Lipinski definition) is 2. The smallest absolute Gasteiger partial charge is 0.305 e. The fourth-order valence-corrected chi connectivity index (χ4v) is 6.96. The molecule has 398 valence electrons. The van der Waals surface area contributed by atoms with Crippen LogP contribution < -0.4 is 10.6 Å². The molecular weight excluding hydrogens is 919 g/mol. The number of imide groups is 2. The number of carbonyl (C=O) groups is 6. The Morgan fingerprint density at radius 1 is 0.529 bits per heavy atom. The van der Waals surface area contributed by atoms with Gasteiger partial charge in [0.2, 0.25) is 17.7 Å². The molecule has 0 saturated carbocycles. The molecule has 1 fully saturated rings. The van der Waals surface area contributed by atoms with Crippen molar-refractivity contribution in [2.24, 2.45) is 0 Å². The number of amides is 5. The molecule has 3 rings (SSSR count). The maximum Gasteiger partial charge on any atom is 0.305 e. The third-order valence-corrected chi connectivity index (χ3v) is 10.6. The van der Waals surface area contributed by atoms with Gasteiger partial charge in [-0.1, -0.05) is 45.1 Å². The fourth-order valence-electron chi connectivity index (χ4n) is 6.96. The number of esters is 1. The van der Waals surface area contributed by atoms with Gasteiger partial charge in [-0.05, 0) is 37.8 Å². The predicted octanol–water partition coefficient (Wildman–Crippen LogP) is 3.67. The molecule has 70 heavy (non-hydrogen) atoms. The molecule has 1 aromatic carbocycles. The third kappa shape index (κ3) is 27.6. The van der Waals surface area contributed by atoms with Crippen LogP contribution in [0.1, 0.15) is 105 Å². The van der Waals surface area contributed by atoms with Gasteiger partial charge in [0.05, 0.1) is 156 Å². The van der Waals surface area contributed by atoms with Crippen LogP contribution in [0.5, 0.6) is 0 Å². The van der Waals surface area contributed by atoms with Crippen LogP contribution in [0.15, 0.2) is 18.2 Å². The van der Waals surface area contributed by atoms with Gasteiger partial charge in [0.15, 0.2) is 0 Å². The number of rotatable bonds is 47. The van der Waals surface area contributed by atoms with Crippen molar-refractivity contribution in [3.63, 3.8) is 0 Å². The van der Waals surface area contributed by atoms with Crippen LogP contribution in [-0.4, -0.2) is 198 Å². The number of piperidine rings is 1. The molecule has 2 N–H and O–H groups in total. The molecule has 0 aromatic heterocycles. The first-order valence-corrected chi connectivity index (χ1v) is 25.0. The maximum absolute atomic E-state index is 13.2. The Balaban J connectivity index is 0.953. The quantitative estimate of drug-likeness (QED) is 0.0538. The number of ether oxygens (including phenoxy) is 12. The molecule has 21 heteroatoms. The standard InChI is InChI=1S/C49H79N3O18/c1-2-3-4-5-8-14-45(55)70-39-38-69-37-36-68-35-34-67-33-32-66-31-30-65-29-28-64-27-26-63-25-24-62-23-22-61-21-20-60-19-18-59-17-9-6-7-13-43(53)50-41-12-10-11-40-46(41)49(58)52(48(40)57)42-15-16-44(54)51-47(42)56/h10-12,42H,2-9,13-39H2,1H3,(H,50,53)(H,51,54,56). The van der Waals surface area contributed by atoms with Crippen LogP contribution in [0, 0.1) is 0 Å². The van der Waals surface area contributed by atoms with E-state index >= 15 is 0 Å². The fraction of sp³-hybridized carbons (Fsp3) is 0.755. The lowest BCUT2D eigenvalue weighted by Gasteiger charge is -2.27. The summed E-state index contributed by atoms with van der Waals surface area (Å²) in [5.74, 6) is -2.89. The number of nitrogens with one attached hydrogen (secondary N) is 2. The van der Waals surface area contributed by atoms with E-state index in [1.807, 2.05) is 0 Å². The van der Waals surface area contributed by atoms with Gasteiger partial charge in [-0.15, -0.1) is 0 Å². The summed E-state index contributed by atoms with van der Waals surface area (Å²) in [6.45, 7) is 12.5. The Hall–Kier alpha value is -4.00. The molecule has 2 heterocycles. The van der Waals surface area contributed by atoms with Crippen LogP contribution >= 0.6 is 0 Å². The summed E-state index contributed by atoms with van der Waals surface area (Å²) >= 11 is 0. The molecule has 0 aliphatic carbocycles. The van der Waals surface area contributed by atoms with Crippen molar-refractivity contribution in [3.8, 4) is 0 Å². The zero-order valence-corrected chi connectivity index (χ0v) is 41.4. The Morgan fingerprint density at radius 2 is 0.957 bits per heavy atom. The minimum Gasteiger partial charge on any atom is -0.463 e. The Labute approximate surface area is 412 Å². The topological polar surface area (TPSA) is 240 Å². The molecule has 1 atom stereocenters. The van der Waals surface area contributed by atoms with Gasteiger partial charge in [0, 0.05) is 25.9 Å². The summed E-state index contributed by atoms with van der Waals surface area (Å²) in [5, 5.41) is 4.91. The number of fused-ring (bicyclic) bond motifs is 1. The van der Waals surface area contributed by atoms with Crippen molar-refractivity contribution in [2.45, 2.75) is 90.0 Å². The van der Waals surface area contributed by atoms with Crippen molar-refractivity contribution in [3.05, 3.63) is 29.3 Å². The maximum atomic E-state index is 13.2. The zero-order valence-electron chi connectivity index (χ0n) is 41.4. The van der Waals surface area contributed by atoms with Gasteiger partial charge in [0.25, 0.3) is 11.8 Å². The largest absolute Gasteiger partial charge is 0.463 e. The highest BCUT2D eigenvalue weighted by molar-refractivity contribution is 6.26. The summed E-state index contributed by atoms with van der Waals surface area (Å²) < 4.78 is 65.7. The van der Waals surface area contributed by atoms with Gasteiger partial charge in [0.1, 0.15) is 12.6 Å². The number of carbonyl (C=O) groups excluding carboxylic acids is 6. The lowest BCUT2D eigenvalue weighted by Crippen LogP contribution is -2.54. The lowest BCUT2D eigenvalue weighted by atomic mass is 10.0. The van der Waals surface area contributed by atoms with Gasteiger partial charge in [-0.2, -0.15) is 0 Å². The van der Waals surface area contributed by atoms with E-state index in [0.717, 1.165) is 30.6 Å². The van der Waals surface area contributed by atoms with E-state index < -0.39 is 29.7 Å². The molecule has 21 nitrogen and oxygen atoms in total. The number of anilines is 1. The highest BCUT2D eigenvalue weighted by Gasteiger charge is 2.45. The Bertz CT molecular complexity index is 1620. The van der Waals surface area contributed by atoms with Crippen molar-refractivity contribution < 1.29 is 85.6 Å². The summed E-state index contributed by atoms with van der Waals surface area (Å²) in [6, 6.07) is 3.52. The molecule has 0 radical (unpaired) electrons. The van der Waals surface area contributed by atoms with Crippen LogP contribution in [-0.2, 0) is 76.0 Å². The first-order chi connectivity index (χ1) is 34.3. The van der Waals surface area contributed by atoms with Crippen molar-refractivity contribution in [1.29, 1.82) is 0 Å². The van der Waals surface area contributed by atoms with E-state index in [1.54, 1.807) is 12.1 Å². The normalized spacial score (nSPS) is 14.6. The molecule has 1 unspecified atom stereocenters. The third-order valence-electron chi connectivity index (χ3n) is 10.6. The summed E-state index contributed by atoms with van der Waals surface area (Å²) in [4.78, 5) is 75.3. The highest BCUT2D eigenvalue weighted by atomic mass is 16.6. The molecule has 1 saturated heterocycles. The lowest BCUT2D eigenvalue weighted by molar-refractivity contribution is -0.145. The van der Waals surface area contributed by atoms with Gasteiger partial charge >= 0.3 is 5.97 Å². The molecular formula is C49H79N3O18. The van der Waals surface area contributed by atoms with Gasteiger partial charge < -0.3 is 62.2 Å². The van der Waals surface area contributed by atoms with Gasteiger partial charge in [-0.3, -0.25) is 39.0 Å². The second-order valence-corrected chi connectivity index (χ2v) is 16.2. The predicted molar refractivity (Wildman–Crippen MR) is 254 cm³/mol. The summed E-state index contributed by atoms with van der Waals surface area (Å²) in [5.41, 5.74) is 0.372. The first-order valence-electron chi connectivity index (χ1n) is 25.0. The van der Waals surface area contributed by atoms with Crippen molar-refractivity contribution in [1.82, 2.24) is 10.2 Å². The minimum absolute atomic E-state index is 0.0248. The van der Waals surface area contributed by atoms with E-state index in [9.17, 15) is 28.8 Å². The minimum atomic E-state index is -1.08. The van der Waals surface area contributed by atoms with Crippen LogP contribution in [0.25, 0.3) is 0 Å². The zero-order chi connectivity index (χ0) is 50.1. The van der Waals surface area contributed by atoms with E-state index in [1.165, 1.54) is 25.3 Å². The number of benzene rings is 1. The number of hydrogen-bond acceptors (Lipinski definition) is 18. The van der Waals surface area contributed by atoms with E-state index in [2.05, 4.69) is 17.6 Å². The average Bonchev–Trinajstić information content (AvgIpc) is 3.60.